The molecule has 0 aromatic heterocycles. The SMILES string of the molecule is CCCC[SiH]1CCC(C2CCC(CCCCc3cc(F)c(Cl)c(F)c3)CC2)CC1. The molecule has 0 N–H and O–H groups in total. The topological polar surface area (TPSA) is 0 Å². The summed E-state index contributed by atoms with van der Waals surface area (Å²) < 4.78 is 27.1. The molecule has 0 atom stereocenters. The molecule has 2 aliphatic rings. The lowest BCUT2D eigenvalue weighted by atomic mass is 9.73. The Kier molecular flexibility index (Phi) is 9.49. The minimum atomic E-state index is -0.637. The molecular formula is C25H39ClF2Si. The molecule has 1 aromatic carbocycles. The van der Waals surface area contributed by atoms with Crippen LogP contribution in [0.25, 0.3) is 0 Å². The predicted molar refractivity (Wildman–Crippen MR) is 124 cm³/mol. The van der Waals surface area contributed by atoms with Crippen LogP contribution in [-0.2, 0) is 6.42 Å². The number of halogens is 3. The molecule has 0 radical (unpaired) electrons. The first-order valence-corrected chi connectivity index (χ1v) is 15.0. The van der Waals surface area contributed by atoms with E-state index in [4.69, 9.17) is 11.6 Å². The van der Waals surface area contributed by atoms with Gasteiger partial charge >= 0.3 is 0 Å². The van der Waals surface area contributed by atoms with Crippen molar-refractivity contribution in [1.29, 1.82) is 0 Å². The molecule has 0 nitrogen and oxygen atoms in total. The van der Waals surface area contributed by atoms with E-state index in [0.29, 0.717) is 0 Å². The second-order valence-electron chi connectivity index (χ2n) is 9.82. The van der Waals surface area contributed by atoms with Gasteiger partial charge in [-0.3, -0.25) is 0 Å². The third-order valence-corrected chi connectivity index (χ3v) is 11.7. The average molecular weight is 441 g/mol. The molecule has 3 rings (SSSR count). The van der Waals surface area contributed by atoms with Crippen LogP contribution in [-0.4, -0.2) is 8.80 Å². The van der Waals surface area contributed by atoms with E-state index in [1.165, 1.54) is 57.1 Å². The molecule has 0 unspecified atom stereocenters. The van der Waals surface area contributed by atoms with Crippen molar-refractivity contribution in [2.24, 2.45) is 17.8 Å². The van der Waals surface area contributed by atoms with Crippen molar-refractivity contribution >= 4 is 20.4 Å². The predicted octanol–water partition coefficient (Wildman–Crippen LogP) is 8.57. The van der Waals surface area contributed by atoms with Gasteiger partial charge in [-0.25, -0.2) is 8.78 Å². The van der Waals surface area contributed by atoms with Crippen molar-refractivity contribution in [2.75, 3.05) is 0 Å². The van der Waals surface area contributed by atoms with E-state index in [2.05, 4.69) is 6.92 Å². The van der Waals surface area contributed by atoms with Crippen LogP contribution in [0.1, 0.15) is 83.1 Å². The highest BCUT2D eigenvalue weighted by Crippen LogP contribution is 2.42. The Balaban J connectivity index is 1.29. The van der Waals surface area contributed by atoms with Gasteiger partial charge < -0.3 is 0 Å². The van der Waals surface area contributed by atoms with Crippen LogP contribution in [0.4, 0.5) is 8.78 Å². The third-order valence-electron chi connectivity index (χ3n) is 7.79. The van der Waals surface area contributed by atoms with Gasteiger partial charge in [0, 0.05) is 8.80 Å². The van der Waals surface area contributed by atoms with Gasteiger partial charge in [-0.15, -0.1) is 0 Å². The summed E-state index contributed by atoms with van der Waals surface area (Å²) in [6.45, 7) is 2.33. The lowest BCUT2D eigenvalue weighted by Crippen LogP contribution is -2.28. The summed E-state index contributed by atoms with van der Waals surface area (Å²) >= 11 is 5.56. The van der Waals surface area contributed by atoms with Crippen molar-refractivity contribution in [3.05, 3.63) is 34.4 Å². The summed E-state index contributed by atoms with van der Waals surface area (Å²) in [6, 6.07) is 7.62. The van der Waals surface area contributed by atoms with Crippen LogP contribution < -0.4 is 0 Å². The standard InChI is InChI=1S/C25H39ClF2Si/c1-2-3-14-29-15-12-22(13-16-29)21-10-8-19(9-11-21)6-4-5-7-20-17-23(27)25(26)24(28)18-20/h17-19,21-22,29H,2-16H2,1H3. The van der Waals surface area contributed by atoms with Crippen molar-refractivity contribution in [1.82, 2.24) is 0 Å². The second kappa shape index (κ2) is 11.8. The molecule has 164 valence electrons. The van der Waals surface area contributed by atoms with Crippen LogP contribution >= 0.6 is 11.6 Å². The van der Waals surface area contributed by atoms with E-state index < -0.39 is 11.6 Å². The summed E-state index contributed by atoms with van der Waals surface area (Å²) in [5, 5.41) is -0.387. The minimum Gasteiger partial charge on any atom is -0.205 e. The zero-order valence-corrected chi connectivity index (χ0v) is 20.1. The Morgan fingerprint density at radius 2 is 1.52 bits per heavy atom. The van der Waals surface area contributed by atoms with Gasteiger partial charge in [0.25, 0.3) is 0 Å². The zero-order chi connectivity index (χ0) is 20.6. The number of rotatable bonds is 9. The summed E-state index contributed by atoms with van der Waals surface area (Å²) in [4.78, 5) is 0. The van der Waals surface area contributed by atoms with Gasteiger partial charge in [0.2, 0.25) is 0 Å². The van der Waals surface area contributed by atoms with Crippen LogP contribution in [0.15, 0.2) is 12.1 Å². The highest BCUT2D eigenvalue weighted by atomic mass is 35.5. The fourth-order valence-corrected chi connectivity index (χ4v) is 9.66. The molecule has 1 heterocycles. The number of benzene rings is 1. The first-order valence-electron chi connectivity index (χ1n) is 12.2. The average Bonchev–Trinajstić information content (AvgIpc) is 2.74. The van der Waals surface area contributed by atoms with Gasteiger partial charge in [-0.1, -0.05) is 88.0 Å². The molecule has 0 bridgehead atoms. The molecule has 1 aliphatic carbocycles. The highest BCUT2D eigenvalue weighted by Gasteiger charge is 2.30. The number of aryl methyl sites for hydroxylation is 1. The van der Waals surface area contributed by atoms with E-state index in [9.17, 15) is 8.78 Å². The summed E-state index contributed by atoms with van der Waals surface area (Å²) in [5.41, 5.74) is 0.728. The second-order valence-corrected chi connectivity index (χ2v) is 13.7. The van der Waals surface area contributed by atoms with E-state index in [0.717, 1.165) is 42.6 Å². The van der Waals surface area contributed by atoms with Gasteiger partial charge in [-0.05, 0) is 61.1 Å². The van der Waals surface area contributed by atoms with Gasteiger partial charge in [0.1, 0.15) is 16.7 Å². The van der Waals surface area contributed by atoms with Crippen molar-refractivity contribution in [3.8, 4) is 0 Å². The molecule has 29 heavy (non-hydrogen) atoms. The van der Waals surface area contributed by atoms with E-state index in [1.54, 1.807) is 31.0 Å². The molecule has 4 heteroatoms. The van der Waals surface area contributed by atoms with Gasteiger partial charge in [0.15, 0.2) is 0 Å². The van der Waals surface area contributed by atoms with Crippen molar-refractivity contribution in [3.63, 3.8) is 0 Å². The van der Waals surface area contributed by atoms with E-state index in [1.807, 2.05) is 0 Å². The lowest BCUT2D eigenvalue weighted by Gasteiger charge is -2.37. The summed E-state index contributed by atoms with van der Waals surface area (Å²) in [7, 11) is -0.358. The summed E-state index contributed by atoms with van der Waals surface area (Å²) in [5.74, 6) is 1.65. The molecular weight excluding hydrogens is 402 g/mol. The highest BCUT2D eigenvalue weighted by molar-refractivity contribution is 6.58. The maximum Gasteiger partial charge on any atom is 0.145 e. The minimum absolute atomic E-state index is 0.358. The number of hydrogen-bond acceptors (Lipinski definition) is 0. The number of unbranched alkanes of at least 4 members (excludes halogenated alkanes) is 2. The molecule has 2 fully saturated rings. The molecule has 1 saturated heterocycles. The van der Waals surface area contributed by atoms with Crippen molar-refractivity contribution in [2.45, 2.75) is 102 Å². The van der Waals surface area contributed by atoms with E-state index in [-0.39, 0.29) is 13.8 Å². The molecule has 0 spiro atoms. The quantitative estimate of drug-likeness (QED) is 0.205. The smallest absolute Gasteiger partial charge is 0.145 e. The fourth-order valence-electron chi connectivity index (χ4n) is 5.90. The van der Waals surface area contributed by atoms with Crippen LogP contribution in [0.3, 0.4) is 0 Å². The molecule has 1 aliphatic heterocycles. The normalized spacial score (nSPS) is 27.9. The Morgan fingerprint density at radius 1 is 0.897 bits per heavy atom. The maximum atomic E-state index is 13.5. The van der Waals surface area contributed by atoms with Crippen LogP contribution in [0, 0.1) is 29.4 Å². The van der Waals surface area contributed by atoms with Crippen molar-refractivity contribution < 1.29 is 8.78 Å². The first-order chi connectivity index (χ1) is 14.1. The fraction of sp³-hybridized carbons (Fsp3) is 0.760. The monoisotopic (exact) mass is 440 g/mol. The maximum absolute atomic E-state index is 13.5. The van der Waals surface area contributed by atoms with Crippen LogP contribution in [0.2, 0.25) is 23.2 Å². The molecule has 0 amide bonds. The lowest BCUT2D eigenvalue weighted by molar-refractivity contribution is 0.184. The third kappa shape index (κ3) is 7.06. The zero-order valence-electron chi connectivity index (χ0n) is 18.2. The largest absolute Gasteiger partial charge is 0.205 e. The Morgan fingerprint density at radius 3 is 2.14 bits per heavy atom. The van der Waals surface area contributed by atoms with Gasteiger partial charge in [0.05, 0.1) is 0 Å². The summed E-state index contributed by atoms with van der Waals surface area (Å²) in [6.07, 6.45) is 15.8. The Bertz CT molecular complexity index is 596. The molecule has 1 aromatic rings. The number of hydrogen-bond donors (Lipinski definition) is 0. The van der Waals surface area contributed by atoms with E-state index >= 15 is 0 Å². The van der Waals surface area contributed by atoms with Crippen LogP contribution in [0.5, 0.6) is 0 Å². The Hall–Kier alpha value is -0.413. The first kappa shape index (κ1) is 23.3. The Labute approximate surface area is 183 Å². The molecule has 1 saturated carbocycles. The van der Waals surface area contributed by atoms with Gasteiger partial charge in [-0.2, -0.15) is 0 Å².